The molecule has 0 bridgehead atoms. The van der Waals surface area contributed by atoms with Gasteiger partial charge in [0.15, 0.2) is 0 Å². The quantitative estimate of drug-likeness (QED) is 0.215. The Labute approximate surface area is 206 Å². The number of hydrogen-bond donors (Lipinski definition) is 3. The summed E-state index contributed by atoms with van der Waals surface area (Å²) in [5.74, 6) is -0.836. The zero-order chi connectivity index (χ0) is 23.8. The lowest BCUT2D eigenvalue weighted by molar-refractivity contribution is -0.123. The van der Waals surface area contributed by atoms with Gasteiger partial charge in [0.1, 0.15) is 10.1 Å². The van der Waals surface area contributed by atoms with Crippen LogP contribution in [0.4, 0.5) is 0 Å². The van der Waals surface area contributed by atoms with Gasteiger partial charge in [-0.25, -0.2) is 0 Å². The summed E-state index contributed by atoms with van der Waals surface area (Å²) in [6.45, 7) is 0.488. The molecule has 0 saturated carbocycles. The van der Waals surface area contributed by atoms with Crippen LogP contribution in [0.3, 0.4) is 0 Å². The normalized spacial score (nSPS) is 14.6. The molecular formula is C23H22ClN3O4S2. The Bertz CT molecular complexity index is 1070. The third-order valence-electron chi connectivity index (χ3n) is 4.77. The van der Waals surface area contributed by atoms with E-state index >= 15 is 0 Å². The van der Waals surface area contributed by atoms with Crippen molar-refractivity contribution in [2.75, 3.05) is 6.54 Å². The molecule has 0 aromatic heterocycles. The number of nitrogens with one attached hydrogen (secondary N) is 2. The van der Waals surface area contributed by atoms with E-state index in [0.29, 0.717) is 39.2 Å². The molecule has 10 heteroatoms. The van der Waals surface area contributed by atoms with Gasteiger partial charge in [-0.05, 0) is 60.9 Å². The van der Waals surface area contributed by atoms with Crippen molar-refractivity contribution < 1.29 is 19.5 Å². The van der Waals surface area contributed by atoms with Gasteiger partial charge in [0.05, 0.1) is 4.91 Å². The van der Waals surface area contributed by atoms with E-state index in [-0.39, 0.29) is 24.0 Å². The molecule has 0 atom stereocenters. The molecule has 3 N–H and O–H groups in total. The first-order chi connectivity index (χ1) is 15.8. The van der Waals surface area contributed by atoms with Gasteiger partial charge in [0, 0.05) is 23.6 Å². The second kappa shape index (κ2) is 11.8. The zero-order valence-electron chi connectivity index (χ0n) is 17.5. The number of nitrogens with zero attached hydrogens (tertiary/aromatic N) is 1. The molecular weight excluding hydrogens is 482 g/mol. The number of thioether (sulfide) groups is 1. The third-order valence-corrected chi connectivity index (χ3v) is 6.40. The van der Waals surface area contributed by atoms with Gasteiger partial charge in [-0.2, -0.15) is 0 Å². The smallest absolute Gasteiger partial charge is 0.269 e. The topological polar surface area (TPSA) is 98.7 Å². The van der Waals surface area contributed by atoms with E-state index in [2.05, 4.69) is 10.9 Å². The van der Waals surface area contributed by atoms with Gasteiger partial charge >= 0.3 is 0 Å². The molecule has 33 heavy (non-hydrogen) atoms. The van der Waals surface area contributed by atoms with E-state index in [1.165, 1.54) is 36.0 Å². The van der Waals surface area contributed by atoms with E-state index in [9.17, 15) is 19.5 Å². The van der Waals surface area contributed by atoms with E-state index in [4.69, 9.17) is 23.8 Å². The van der Waals surface area contributed by atoms with Crippen LogP contribution in [-0.4, -0.2) is 38.6 Å². The number of amides is 3. The van der Waals surface area contributed by atoms with E-state index in [1.54, 1.807) is 23.1 Å². The number of phenols is 1. The van der Waals surface area contributed by atoms with Crippen LogP contribution in [0.2, 0.25) is 5.02 Å². The van der Waals surface area contributed by atoms with Gasteiger partial charge in [0.25, 0.3) is 11.8 Å². The van der Waals surface area contributed by atoms with Crippen molar-refractivity contribution in [1.29, 1.82) is 0 Å². The van der Waals surface area contributed by atoms with E-state index in [0.717, 1.165) is 12.0 Å². The summed E-state index contributed by atoms with van der Waals surface area (Å²) in [5.41, 5.74) is 5.90. The van der Waals surface area contributed by atoms with Crippen LogP contribution in [0.25, 0.3) is 6.08 Å². The Morgan fingerprint density at radius 2 is 1.73 bits per heavy atom. The predicted octanol–water partition coefficient (Wildman–Crippen LogP) is 4.27. The van der Waals surface area contributed by atoms with Crippen LogP contribution >= 0.6 is 35.6 Å². The van der Waals surface area contributed by atoms with Gasteiger partial charge in [-0.3, -0.25) is 30.1 Å². The van der Waals surface area contributed by atoms with Crippen molar-refractivity contribution in [3.63, 3.8) is 0 Å². The SMILES string of the molecule is O=C(CCCCCN1C(=O)C(=Cc2ccc(Cl)cc2)SC1=S)NNC(=O)c1ccc(O)cc1. The van der Waals surface area contributed by atoms with E-state index in [1.807, 2.05) is 12.1 Å². The number of rotatable bonds is 8. The third kappa shape index (κ3) is 7.31. The Kier molecular flexibility index (Phi) is 8.87. The maximum Gasteiger partial charge on any atom is 0.269 e. The second-order valence-corrected chi connectivity index (χ2v) is 9.36. The Hall–Kier alpha value is -2.88. The maximum absolute atomic E-state index is 12.6. The molecule has 0 unspecified atom stereocenters. The fourth-order valence-corrected chi connectivity index (χ4v) is 4.44. The largest absolute Gasteiger partial charge is 0.508 e. The first-order valence-corrected chi connectivity index (χ1v) is 11.8. The lowest BCUT2D eigenvalue weighted by Crippen LogP contribution is -2.41. The number of hydrazine groups is 1. The summed E-state index contributed by atoms with van der Waals surface area (Å²) in [4.78, 5) is 38.7. The molecule has 1 aliphatic heterocycles. The van der Waals surface area contributed by atoms with Crippen LogP contribution < -0.4 is 10.9 Å². The second-order valence-electron chi connectivity index (χ2n) is 7.24. The molecule has 172 valence electrons. The summed E-state index contributed by atoms with van der Waals surface area (Å²) in [6, 6.07) is 12.9. The minimum Gasteiger partial charge on any atom is -0.508 e. The standard InChI is InChI=1S/C23H22ClN3O4S2/c24-17-9-5-15(6-10-17)14-19-22(31)27(23(32)33-19)13-3-1-2-4-20(29)25-26-21(30)16-7-11-18(28)12-8-16/h5-12,14,28H,1-4,13H2,(H,25,29)(H,26,30). The fourth-order valence-electron chi connectivity index (χ4n) is 3.01. The molecule has 2 aromatic rings. The molecule has 1 heterocycles. The first-order valence-electron chi connectivity index (χ1n) is 10.2. The highest BCUT2D eigenvalue weighted by Crippen LogP contribution is 2.33. The summed E-state index contributed by atoms with van der Waals surface area (Å²) in [6.07, 6.45) is 4.08. The molecule has 7 nitrogen and oxygen atoms in total. The number of hydrogen-bond acceptors (Lipinski definition) is 6. The van der Waals surface area contributed by atoms with Crippen molar-refractivity contribution in [3.05, 3.63) is 69.6 Å². The van der Waals surface area contributed by atoms with Crippen molar-refractivity contribution in [2.24, 2.45) is 0 Å². The van der Waals surface area contributed by atoms with Gasteiger partial charge in [-0.15, -0.1) is 0 Å². The number of phenolic OH excluding ortho intramolecular Hbond substituents is 1. The minimum atomic E-state index is -0.468. The minimum absolute atomic E-state index is 0.0550. The number of thiocarbonyl (C=S) groups is 1. The lowest BCUT2D eigenvalue weighted by Gasteiger charge is -2.14. The highest BCUT2D eigenvalue weighted by molar-refractivity contribution is 8.26. The van der Waals surface area contributed by atoms with Crippen LogP contribution in [0.5, 0.6) is 5.75 Å². The average Bonchev–Trinajstić information content (AvgIpc) is 3.06. The predicted molar refractivity (Wildman–Crippen MR) is 134 cm³/mol. The summed E-state index contributed by atoms with van der Waals surface area (Å²) in [5, 5.41) is 9.87. The van der Waals surface area contributed by atoms with Crippen LogP contribution in [0, 0.1) is 0 Å². The summed E-state index contributed by atoms with van der Waals surface area (Å²) in [7, 11) is 0. The molecule has 1 aliphatic rings. The number of benzene rings is 2. The van der Waals surface area contributed by atoms with Crippen LogP contribution in [0.1, 0.15) is 41.6 Å². The lowest BCUT2D eigenvalue weighted by atomic mass is 10.2. The van der Waals surface area contributed by atoms with Crippen molar-refractivity contribution in [3.8, 4) is 5.75 Å². The molecule has 0 spiro atoms. The van der Waals surface area contributed by atoms with Crippen molar-refractivity contribution in [2.45, 2.75) is 25.7 Å². The number of aromatic hydroxyl groups is 1. The fraction of sp³-hybridized carbons (Fsp3) is 0.217. The average molecular weight is 504 g/mol. The van der Waals surface area contributed by atoms with Crippen LogP contribution in [0.15, 0.2) is 53.4 Å². The Balaban J connectivity index is 1.35. The molecule has 2 aromatic carbocycles. The number of halogens is 1. The van der Waals surface area contributed by atoms with Gasteiger partial charge in [-0.1, -0.05) is 54.1 Å². The molecule has 0 aliphatic carbocycles. The van der Waals surface area contributed by atoms with Gasteiger partial charge in [0.2, 0.25) is 5.91 Å². The van der Waals surface area contributed by atoms with Crippen molar-refractivity contribution in [1.82, 2.24) is 15.8 Å². The van der Waals surface area contributed by atoms with Crippen molar-refractivity contribution >= 4 is 63.7 Å². The summed E-state index contributed by atoms with van der Waals surface area (Å²) >= 11 is 12.5. The zero-order valence-corrected chi connectivity index (χ0v) is 19.9. The number of unbranched alkanes of at least 4 members (excludes halogenated alkanes) is 2. The first kappa shape index (κ1) is 24.8. The summed E-state index contributed by atoms with van der Waals surface area (Å²) < 4.78 is 0.523. The van der Waals surface area contributed by atoms with Crippen LogP contribution in [-0.2, 0) is 9.59 Å². The molecule has 1 saturated heterocycles. The Morgan fingerprint density at radius 3 is 2.42 bits per heavy atom. The van der Waals surface area contributed by atoms with E-state index < -0.39 is 5.91 Å². The maximum atomic E-state index is 12.6. The number of carbonyl (C=O) groups is 3. The van der Waals surface area contributed by atoms with Gasteiger partial charge < -0.3 is 5.11 Å². The molecule has 1 fully saturated rings. The molecule has 0 radical (unpaired) electrons. The molecule has 3 rings (SSSR count). The highest BCUT2D eigenvalue weighted by atomic mass is 35.5. The Morgan fingerprint density at radius 1 is 1.03 bits per heavy atom. The number of carbonyl (C=O) groups excluding carboxylic acids is 3. The highest BCUT2D eigenvalue weighted by Gasteiger charge is 2.31. The monoisotopic (exact) mass is 503 g/mol. The molecule has 3 amide bonds.